The number of hydrogen-bond acceptors (Lipinski definition) is 4. The van der Waals surface area contributed by atoms with Crippen molar-refractivity contribution in [2.24, 2.45) is 0 Å². The zero-order valence-electron chi connectivity index (χ0n) is 12.1. The molecule has 20 heavy (non-hydrogen) atoms. The molecule has 2 unspecified atom stereocenters. The topological polar surface area (TPSA) is 38.1 Å². The van der Waals surface area contributed by atoms with Crippen LogP contribution in [0.1, 0.15) is 41.5 Å². The molecule has 1 aromatic carbocycles. The van der Waals surface area contributed by atoms with Gasteiger partial charge in [-0.25, -0.2) is 0 Å². The standard InChI is InChI=1S/C16H20N2OS/c1-10(16-11(2)18-19-12(16)3)17-8-13-9-20-15-7-5-4-6-14(13)15/h4-7,10,13,17H,8-9H2,1-3H3. The summed E-state index contributed by atoms with van der Waals surface area (Å²) in [4.78, 5) is 1.43. The Morgan fingerprint density at radius 2 is 2.20 bits per heavy atom. The van der Waals surface area contributed by atoms with Crippen LogP contribution in [-0.4, -0.2) is 17.5 Å². The van der Waals surface area contributed by atoms with E-state index in [0.717, 1.165) is 18.0 Å². The molecule has 106 valence electrons. The third-order valence-corrected chi connectivity index (χ3v) is 5.24. The lowest BCUT2D eigenvalue weighted by molar-refractivity contribution is 0.390. The van der Waals surface area contributed by atoms with E-state index in [0.29, 0.717) is 5.92 Å². The molecule has 4 heteroatoms. The van der Waals surface area contributed by atoms with E-state index in [1.54, 1.807) is 0 Å². The van der Waals surface area contributed by atoms with E-state index >= 15 is 0 Å². The summed E-state index contributed by atoms with van der Waals surface area (Å²) in [6.45, 7) is 7.16. The predicted molar refractivity (Wildman–Crippen MR) is 82.3 cm³/mol. The maximum atomic E-state index is 5.25. The second kappa shape index (κ2) is 5.62. The highest BCUT2D eigenvalue weighted by Gasteiger charge is 2.24. The van der Waals surface area contributed by atoms with Gasteiger partial charge in [0.25, 0.3) is 0 Å². The van der Waals surface area contributed by atoms with Gasteiger partial charge in [-0.1, -0.05) is 23.4 Å². The number of fused-ring (bicyclic) bond motifs is 1. The van der Waals surface area contributed by atoms with Crippen LogP contribution < -0.4 is 5.32 Å². The van der Waals surface area contributed by atoms with E-state index in [1.165, 1.54) is 21.8 Å². The molecule has 0 radical (unpaired) electrons. The molecule has 2 aromatic rings. The molecule has 3 rings (SSSR count). The van der Waals surface area contributed by atoms with Crippen molar-refractivity contribution in [2.45, 2.75) is 37.6 Å². The smallest absolute Gasteiger partial charge is 0.138 e. The first kappa shape index (κ1) is 13.7. The highest BCUT2D eigenvalue weighted by atomic mass is 32.2. The van der Waals surface area contributed by atoms with Crippen LogP contribution in [0, 0.1) is 13.8 Å². The van der Waals surface area contributed by atoms with Gasteiger partial charge >= 0.3 is 0 Å². The summed E-state index contributed by atoms with van der Waals surface area (Å²) in [5.41, 5.74) is 3.67. The fraction of sp³-hybridized carbons (Fsp3) is 0.438. The van der Waals surface area contributed by atoms with Gasteiger partial charge in [0.15, 0.2) is 0 Å². The van der Waals surface area contributed by atoms with E-state index in [4.69, 9.17) is 4.52 Å². The zero-order chi connectivity index (χ0) is 14.1. The highest BCUT2D eigenvalue weighted by Crippen LogP contribution is 2.39. The molecule has 0 saturated carbocycles. The number of aryl methyl sites for hydroxylation is 2. The molecule has 0 saturated heterocycles. The molecule has 0 fully saturated rings. The van der Waals surface area contributed by atoms with Crippen LogP contribution in [0.15, 0.2) is 33.7 Å². The molecule has 1 aromatic heterocycles. The number of aromatic nitrogens is 1. The van der Waals surface area contributed by atoms with Gasteiger partial charge < -0.3 is 9.84 Å². The summed E-state index contributed by atoms with van der Waals surface area (Å²) in [5.74, 6) is 2.68. The van der Waals surface area contributed by atoms with E-state index in [1.807, 2.05) is 25.6 Å². The Bertz CT molecular complexity index is 589. The normalized spacial score (nSPS) is 19.1. The minimum Gasteiger partial charge on any atom is -0.361 e. The lowest BCUT2D eigenvalue weighted by Gasteiger charge is -2.17. The Balaban J connectivity index is 1.66. The number of hydrogen-bond donors (Lipinski definition) is 1. The first-order chi connectivity index (χ1) is 9.66. The van der Waals surface area contributed by atoms with E-state index < -0.39 is 0 Å². The number of rotatable bonds is 4. The van der Waals surface area contributed by atoms with Crippen molar-refractivity contribution in [1.29, 1.82) is 0 Å². The zero-order valence-corrected chi connectivity index (χ0v) is 13.0. The summed E-state index contributed by atoms with van der Waals surface area (Å²) in [7, 11) is 0. The molecule has 0 spiro atoms. The number of nitrogens with zero attached hydrogens (tertiary/aromatic N) is 1. The van der Waals surface area contributed by atoms with Gasteiger partial charge in [-0.2, -0.15) is 0 Å². The van der Waals surface area contributed by atoms with E-state index in [9.17, 15) is 0 Å². The van der Waals surface area contributed by atoms with Crippen LogP contribution in [0.3, 0.4) is 0 Å². The average Bonchev–Trinajstić information content (AvgIpc) is 3.00. The maximum absolute atomic E-state index is 5.25. The first-order valence-electron chi connectivity index (χ1n) is 7.04. The Morgan fingerprint density at radius 3 is 2.95 bits per heavy atom. The third-order valence-electron chi connectivity index (χ3n) is 3.99. The van der Waals surface area contributed by atoms with Crippen molar-refractivity contribution in [3.8, 4) is 0 Å². The average molecular weight is 288 g/mol. The van der Waals surface area contributed by atoms with Gasteiger partial charge in [0.05, 0.1) is 5.69 Å². The lowest BCUT2D eigenvalue weighted by Crippen LogP contribution is -2.25. The van der Waals surface area contributed by atoms with Crippen molar-refractivity contribution in [3.05, 3.63) is 46.8 Å². The Hall–Kier alpha value is -1.26. The van der Waals surface area contributed by atoms with Gasteiger partial charge in [-0.05, 0) is 32.4 Å². The summed E-state index contributed by atoms with van der Waals surface area (Å²) in [6, 6.07) is 9.00. The monoisotopic (exact) mass is 288 g/mol. The second-order valence-electron chi connectivity index (χ2n) is 5.41. The van der Waals surface area contributed by atoms with Crippen molar-refractivity contribution < 1.29 is 4.52 Å². The molecule has 2 heterocycles. The van der Waals surface area contributed by atoms with Crippen molar-refractivity contribution in [3.63, 3.8) is 0 Å². The highest BCUT2D eigenvalue weighted by molar-refractivity contribution is 7.99. The van der Waals surface area contributed by atoms with Gasteiger partial charge in [0.1, 0.15) is 5.76 Å². The molecular weight excluding hydrogens is 268 g/mol. The lowest BCUT2D eigenvalue weighted by atomic mass is 10.00. The first-order valence-corrected chi connectivity index (χ1v) is 8.03. The minimum absolute atomic E-state index is 0.277. The summed E-state index contributed by atoms with van der Waals surface area (Å²) >= 11 is 1.96. The second-order valence-corrected chi connectivity index (χ2v) is 6.48. The Labute approximate surface area is 124 Å². The van der Waals surface area contributed by atoms with Crippen molar-refractivity contribution in [1.82, 2.24) is 10.5 Å². The fourth-order valence-corrected chi connectivity index (χ4v) is 4.18. The van der Waals surface area contributed by atoms with Crippen LogP contribution in [0.4, 0.5) is 0 Å². The third kappa shape index (κ3) is 2.50. The largest absolute Gasteiger partial charge is 0.361 e. The molecule has 0 bridgehead atoms. The number of nitrogens with one attached hydrogen (secondary N) is 1. The SMILES string of the molecule is Cc1noc(C)c1C(C)NCC1CSc2ccccc21. The van der Waals surface area contributed by atoms with Crippen LogP contribution >= 0.6 is 11.8 Å². The fourth-order valence-electron chi connectivity index (χ4n) is 2.93. The van der Waals surface area contributed by atoms with Crippen LogP contribution in [0.5, 0.6) is 0 Å². The van der Waals surface area contributed by atoms with Gasteiger partial charge in [-0.15, -0.1) is 11.8 Å². The molecule has 2 atom stereocenters. The number of benzene rings is 1. The van der Waals surface area contributed by atoms with E-state index in [-0.39, 0.29) is 6.04 Å². The summed E-state index contributed by atoms with van der Waals surface area (Å²) in [6.07, 6.45) is 0. The molecule has 1 N–H and O–H groups in total. The Morgan fingerprint density at radius 1 is 1.40 bits per heavy atom. The summed E-state index contributed by atoms with van der Waals surface area (Å²) in [5, 5.41) is 7.67. The van der Waals surface area contributed by atoms with Crippen molar-refractivity contribution >= 4 is 11.8 Å². The quantitative estimate of drug-likeness (QED) is 0.928. The maximum Gasteiger partial charge on any atom is 0.138 e. The van der Waals surface area contributed by atoms with Crippen LogP contribution in [0.25, 0.3) is 0 Å². The molecular formula is C16H20N2OS. The Kier molecular flexibility index (Phi) is 3.85. The predicted octanol–water partition coefficient (Wildman–Crippen LogP) is 3.83. The molecule has 0 amide bonds. The summed E-state index contributed by atoms with van der Waals surface area (Å²) < 4.78 is 5.25. The van der Waals surface area contributed by atoms with Crippen LogP contribution in [0.2, 0.25) is 0 Å². The van der Waals surface area contributed by atoms with Crippen molar-refractivity contribution in [2.75, 3.05) is 12.3 Å². The van der Waals surface area contributed by atoms with Crippen LogP contribution in [-0.2, 0) is 0 Å². The van der Waals surface area contributed by atoms with E-state index in [2.05, 4.69) is 41.7 Å². The molecule has 0 aliphatic carbocycles. The van der Waals surface area contributed by atoms with Gasteiger partial charge in [-0.3, -0.25) is 0 Å². The van der Waals surface area contributed by atoms with Gasteiger partial charge in [0.2, 0.25) is 0 Å². The molecule has 1 aliphatic heterocycles. The molecule has 1 aliphatic rings. The molecule has 3 nitrogen and oxygen atoms in total. The number of thioether (sulfide) groups is 1. The minimum atomic E-state index is 0.277. The van der Waals surface area contributed by atoms with Gasteiger partial charge in [0, 0.05) is 34.7 Å².